The van der Waals surface area contributed by atoms with E-state index in [2.05, 4.69) is 4.98 Å². The molecule has 0 radical (unpaired) electrons. The molecule has 8 heteroatoms. The molecular weight excluding hydrogens is 344 g/mol. The Labute approximate surface area is 149 Å². The lowest BCUT2D eigenvalue weighted by Crippen LogP contribution is -2.65. The molecule has 0 aliphatic carbocycles. The molecule has 0 saturated carbocycles. The summed E-state index contributed by atoms with van der Waals surface area (Å²) in [6, 6.07) is 8.77. The van der Waals surface area contributed by atoms with Crippen LogP contribution in [0.25, 0.3) is 0 Å². The van der Waals surface area contributed by atoms with Crippen molar-refractivity contribution >= 4 is 23.4 Å². The maximum Gasteiger partial charge on any atom is 0.347 e. The highest BCUT2D eigenvalue weighted by Crippen LogP contribution is 2.34. The van der Waals surface area contributed by atoms with E-state index in [1.165, 1.54) is 21.9 Å². The number of hydrogen-bond donors (Lipinski definition) is 1. The summed E-state index contributed by atoms with van der Waals surface area (Å²) in [6.45, 7) is 0.361. The number of carbonyl (C=O) groups is 2. The fraction of sp³-hybridized carbons (Fsp3) is 0.294. The number of aromatic nitrogens is 2. The number of likely N-dealkylation sites (tertiary alicyclic amines) is 1. The van der Waals surface area contributed by atoms with Crippen molar-refractivity contribution in [3.8, 4) is 0 Å². The maximum atomic E-state index is 12.3. The highest BCUT2D eigenvalue weighted by atomic mass is 35.5. The van der Waals surface area contributed by atoms with Gasteiger partial charge in [-0.3, -0.25) is 14.2 Å². The van der Waals surface area contributed by atoms with E-state index in [0.717, 1.165) is 5.56 Å². The number of hydrogen-bond acceptors (Lipinski definition) is 4. The zero-order valence-corrected chi connectivity index (χ0v) is 14.1. The van der Waals surface area contributed by atoms with Gasteiger partial charge in [0.05, 0.1) is 5.41 Å². The summed E-state index contributed by atoms with van der Waals surface area (Å²) in [7, 11) is 0. The van der Waals surface area contributed by atoms with Crippen molar-refractivity contribution in [3.63, 3.8) is 0 Å². The van der Waals surface area contributed by atoms with Gasteiger partial charge < -0.3 is 10.6 Å². The minimum Gasteiger partial charge on any atom is -0.369 e. The Kier molecular flexibility index (Phi) is 4.59. The van der Waals surface area contributed by atoms with Crippen molar-refractivity contribution in [2.75, 3.05) is 13.1 Å². The fourth-order valence-electron chi connectivity index (χ4n) is 2.96. The van der Waals surface area contributed by atoms with Crippen molar-refractivity contribution in [1.29, 1.82) is 0 Å². The van der Waals surface area contributed by atoms with Crippen molar-refractivity contribution in [2.45, 2.75) is 13.0 Å². The van der Waals surface area contributed by atoms with Crippen LogP contribution in [-0.4, -0.2) is 39.4 Å². The fourth-order valence-corrected chi connectivity index (χ4v) is 3.09. The summed E-state index contributed by atoms with van der Waals surface area (Å²) in [5, 5.41) is 0.615. The van der Waals surface area contributed by atoms with Crippen LogP contribution in [0.1, 0.15) is 5.56 Å². The van der Waals surface area contributed by atoms with Crippen LogP contribution in [0.3, 0.4) is 0 Å². The largest absolute Gasteiger partial charge is 0.369 e. The summed E-state index contributed by atoms with van der Waals surface area (Å²) in [5.74, 6) is -0.687. The molecule has 2 amide bonds. The van der Waals surface area contributed by atoms with E-state index < -0.39 is 17.0 Å². The standard InChI is InChI=1S/C17H17ClN4O3/c18-13-4-2-12(3-5-13)8-17(15(19)24)10-22(11-17)14(23)9-21-7-1-6-20-16(21)25/h1-7H,8-11H2,(H2,19,24). The van der Waals surface area contributed by atoms with Gasteiger partial charge in [0.15, 0.2) is 0 Å². The first-order valence-electron chi connectivity index (χ1n) is 7.73. The molecule has 1 aromatic carbocycles. The molecule has 1 fully saturated rings. The number of nitrogens with two attached hydrogens (primary N) is 1. The Balaban J connectivity index is 1.67. The van der Waals surface area contributed by atoms with Gasteiger partial charge in [0.2, 0.25) is 11.8 Å². The first-order valence-corrected chi connectivity index (χ1v) is 8.11. The van der Waals surface area contributed by atoms with Crippen molar-refractivity contribution in [2.24, 2.45) is 11.1 Å². The van der Waals surface area contributed by atoms with Gasteiger partial charge in [-0.25, -0.2) is 9.78 Å². The molecule has 2 aromatic rings. The minimum absolute atomic E-state index is 0.109. The van der Waals surface area contributed by atoms with E-state index in [9.17, 15) is 14.4 Å². The van der Waals surface area contributed by atoms with E-state index in [1.807, 2.05) is 12.1 Å². The van der Waals surface area contributed by atoms with Crippen molar-refractivity contribution in [3.05, 3.63) is 63.8 Å². The molecule has 7 nitrogen and oxygen atoms in total. The summed E-state index contributed by atoms with van der Waals surface area (Å²) >= 11 is 5.87. The third-order valence-electron chi connectivity index (χ3n) is 4.41. The molecule has 2 heterocycles. The minimum atomic E-state index is -0.788. The number of carbonyl (C=O) groups excluding carboxylic acids is 2. The lowest BCUT2D eigenvalue weighted by atomic mass is 9.74. The predicted molar refractivity (Wildman–Crippen MR) is 91.9 cm³/mol. The average Bonchev–Trinajstić information content (AvgIpc) is 2.54. The van der Waals surface area contributed by atoms with E-state index in [0.29, 0.717) is 11.4 Å². The van der Waals surface area contributed by atoms with Gasteiger partial charge in [0, 0.05) is 30.5 Å². The first kappa shape index (κ1) is 17.2. The number of amides is 2. The molecule has 1 aliphatic rings. The Bertz CT molecular complexity index is 857. The number of halogens is 1. The van der Waals surface area contributed by atoms with Crippen LogP contribution in [0.4, 0.5) is 0 Å². The molecular formula is C17H17ClN4O3. The SMILES string of the molecule is NC(=O)C1(Cc2ccc(Cl)cc2)CN(C(=O)Cn2cccnc2=O)C1. The molecule has 0 atom stereocenters. The smallest absolute Gasteiger partial charge is 0.347 e. The highest BCUT2D eigenvalue weighted by Gasteiger charge is 2.49. The maximum absolute atomic E-state index is 12.3. The molecule has 2 N–H and O–H groups in total. The molecule has 130 valence electrons. The number of benzene rings is 1. The Morgan fingerprint density at radius 1 is 1.24 bits per heavy atom. The van der Waals surface area contributed by atoms with E-state index in [1.54, 1.807) is 18.2 Å². The van der Waals surface area contributed by atoms with Gasteiger partial charge in [0.1, 0.15) is 6.54 Å². The number of rotatable bonds is 5. The van der Waals surface area contributed by atoms with Gasteiger partial charge in [-0.2, -0.15) is 0 Å². The molecule has 25 heavy (non-hydrogen) atoms. The van der Waals surface area contributed by atoms with Gasteiger partial charge in [-0.1, -0.05) is 23.7 Å². The Morgan fingerprint density at radius 3 is 2.52 bits per heavy atom. The van der Waals surface area contributed by atoms with Gasteiger partial charge >= 0.3 is 5.69 Å². The van der Waals surface area contributed by atoms with Crippen LogP contribution >= 0.6 is 11.6 Å². The number of nitrogens with zero attached hydrogens (tertiary/aromatic N) is 3. The second-order valence-electron chi connectivity index (χ2n) is 6.23. The van der Waals surface area contributed by atoms with E-state index in [-0.39, 0.29) is 25.5 Å². The quantitative estimate of drug-likeness (QED) is 0.837. The Hall–Kier alpha value is -2.67. The summed E-state index contributed by atoms with van der Waals surface area (Å²) in [4.78, 5) is 41.0. The molecule has 3 rings (SSSR count). The second-order valence-corrected chi connectivity index (χ2v) is 6.66. The van der Waals surface area contributed by atoms with Crippen LogP contribution in [0.5, 0.6) is 0 Å². The third kappa shape index (κ3) is 3.56. The topological polar surface area (TPSA) is 98.3 Å². The Morgan fingerprint density at radius 2 is 1.92 bits per heavy atom. The van der Waals surface area contributed by atoms with E-state index >= 15 is 0 Å². The first-order chi connectivity index (χ1) is 11.9. The molecule has 1 aliphatic heterocycles. The molecule has 0 bridgehead atoms. The summed E-state index contributed by atoms with van der Waals surface area (Å²) < 4.78 is 1.23. The predicted octanol–water partition coefficient (Wildman–Crippen LogP) is 0.453. The van der Waals surface area contributed by atoms with Crippen molar-refractivity contribution < 1.29 is 9.59 Å². The summed E-state index contributed by atoms with van der Waals surface area (Å²) in [6.07, 6.45) is 3.31. The van der Waals surface area contributed by atoms with E-state index in [4.69, 9.17) is 17.3 Å². The highest BCUT2D eigenvalue weighted by molar-refractivity contribution is 6.30. The third-order valence-corrected chi connectivity index (χ3v) is 4.66. The monoisotopic (exact) mass is 360 g/mol. The lowest BCUT2D eigenvalue weighted by Gasteiger charge is -2.48. The van der Waals surface area contributed by atoms with Crippen LogP contribution in [0.15, 0.2) is 47.5 Å². The normalized spacial score (nSPS) is 15.5. The van der Waals surface area contributed by atoms with Crippen LogP contribution in [0.2, 0.25) is 5.02 Å². The van der Waals surface area contributed by atoms with Gasteiger partial charge in [-0.15, -0.1) is 0 Å². The van der Waals surface area contributed by atoms with Crippen molar-refractivity contribution in [1.82, 2.24) is 14.5 Å². The zero-order valence-electron chi connectivity index (χ0n) is 13.4. The van der Waals surface area contributed by atoms with Gasteiger partial charge in [0.25, 0.3) is 0 Å². The molecule has 0 spiro atoms. The zero-order chi connectivity index (χ0) is 18.0. The second kappa shape index (κ2) is 6.68. The van der Waals surface area contributed by atoms with Crippen LogP contribution in [0, 0.1) is 5.41 Å². The van der Waals surface area contributed by atoms with Gasteiger partial charge in [-0.05, 0) is 30.2 Å². The van der Waals surface area contributed by atoms with Crippen LogP contribution in [-0.2, 0) is 22.6 Å². The summed E-state index contributed by atoms with van der Waals surface area (Å²) in [5.41, 5.74) is 5.24. The molecule has 0 unspecified atom stereocenters. The van der Waals surface area contributed by atoms with Crippen LogP contribution < -0.4 is 11.4 Å². The average molecular weight is 361 g/mol. The lowest BCUT2D eigenvalue weighted by molar-refractivity contribution is -0.152. The molecule has 1 saturated heterocycles. The molecule has 1 aromatic heterocycles. The number of primary amides is 1.